The largest absolute Gasteiger partial charge is 0.441 e. The van der Waals surface area contributed by atoms with Crippen molar-refractivity contribution >= 4 is 32.8 Å². The maximum Gasteiger partial charge on any atom is 0.332 e. The molecule has 0 fully saturated rings. The number of carbonyl (C=O) groups excluding carboxylic acids is 1. The van der Waals surface area contributed by atoms with Gasteiger partial charge in [0.1, 0.15) is 5.52 Å². The van der Waals surface area contributed by atoms with Crippen molar-refractivity contribution in [2.75, 3.05) is 5.32 Å². The van der Waals surface area contributed by atoms with E-state index < -0.39 is 16.1 Å². The molecule has 0 radical (unpaired) electrons. The van der Waals surface area contributed by atoms with E-state index in [0.29, 0.717) is 22.6 Å². The van der Waals surface area contributed by atoms with Crippen LogP contribution >= 0.6 is 0 Å². The number of amides is 2. The smallest absolute Gasteiger partial charge is 0.332 e. The fourth-order valence-corrected chi connectivity index (χ4v) is 5.70. The van der Waals surface area contributed by atoms with Gasteiger partial charge in [0.05, 0.1) is 5.75 Å². The molecule has 2 aliphatic carbocycles. The zero-order valence-electron chi connectivity index (χ0n) is 16.7. The van der Waals surface area contributed by atoms with Gasteiger partial charge in [0, 0.05) is 12.6 Å². The Morgan fingerprint density at radius 2 is 1.77 bits per heavy atom. The lowest BCUT2D eigenvalue weighted by Gasteiger charge is -2.16. The van der Waals surface area contributed by atoms with Gasteiger partial charge in [-0.05, 0) is 78.5 Å². The average Bonchev–Trinajstić information content (AvgIpc) is 3.38. The van der Waals surface area contributed by atoms with Crippen molar-refractivity contribution in [3.05, 3.63) is 58.0 Å². The van der Waals surface area contributed by atoms with E-state index in [2.05, 4.69) is 21.1 Å². The number of urea groups is 1. The highest BCUT2D eigenvalue weighted by molar-refractivity contribution is 7.89. The fraction of sp³-hybridized carbons (Fsp3) is 0.364. The summed E-state index contributed by atoms with van der Waals surface area (Å²) in [5, 5.41) is 2.86. The number of aromatic nitrogens is 1. The number of nitrogens with one attached hydrogen (secondary N) is 2. The first-order valence-electron chi connectivity index (χ1n) is 10.2. The molecular formula is C22H23N3O4S. The van der Waals surface area contributed by atoms with Gasteiger partial charge in [-0.25, -0.2) is 22.9 Å². The zero-order valence-corrected chi connectivity index (χ0v) is 17.6. The fourth-order valence-electron chi connectivity index (χ4n) is 4.68. The van der Waals surface area contributed by atoms with Gasteiger partial charge in [0.15, 0.2) is 11.5 Å². The normalized spacial score (nSPS) is 15.2. The highest BCUT2D eigenvalue weighted by Crippen LogP contribution is 2.38. The summed E-state index contributed by atoms with van der Waals surface area (Å²) in [6.45, 7) is 1.74. The van der Waals surface area contributed by atoms with E-state index >= 15 is 0 Å². The maximum absolute atomic E-state index is 12.6. The third-order valence-electron chi connectivity index (χ3n) is 5.88. The van der Waals surface area contributed by atoms with E-state index in [1.807, 2.05) is 0 Å². The summed E-state index contributed by atoms with van der Waals surface area (Å²) >= 11 is 0. The zero-order chi connectivity index (χ0) is 20.9. The van der Waals surface area contributed by atoms with Gasteiger partial charge >= 0.3 is 6.03 Å². The topological polar surface area (TPSA) is 101 Å². The van der Waals surface area contributed by atoms with Crippen molar-refractivity contribution in [3.8, 4) is 0 Å². The van der Waals surface area contributed by atoms with Crippen molar-refractivity contribution in [1.29, 1.82) is 0 Å². The molecule has 2 amide bonds. The molecule has 0 saturated heterocycles. The molecule has 30 heavy (non-hydrogen) atoms. The first-order valence-corrected chi connectivity index (χ1v) is 11.9. The number of nitrogens with zero attached hydrogens (tertiary/aromatic N) is 1. The summed E-state index contributed by atoms with van der Waals surface area (Å²) in [4.78, 5) is 16.8. The number of carbonyl (C=O) groups is 1. The Balaban J connectivity index is 1.34. The summed E-state index contributed by atoms with van der Waals surface area (Å²) in [6, 6.07) is 6.59. The Morgan fingerprint density at radius 3 is 2.47 bits per heavy atom. The predicted molar refractivity (Wildman–Crippen MR) is 114 cm³/mol. The Hall–Kier alpha value is -2.87. The molecule has 5 rings (SSSR count). The minimum absolute atomic E-state index is 0.312. The lowest BCUT2D eigenvalue weighted by Crippen LogP contribution is -2.35. The molecule has 156 valence electrons. The second-order valence-corrected chi connectivity index (χ2v) is 9.81. The molecule has 0 saturated carbocycles. The lowest BCUT2D eigenvalue weighted by molar-refractivity contribution is 0.256. The third kappa shape index (κ3) is 3.56. The molecule has 0 atom stereocenters. The monoisotopic (exact) mass is 425 g/mol. The first kappa shape index (κ1) is 19.1. The van der Waals surface area contributed by atoms with Crippen molar-refractivity contribution in [2.24, 2.45) is 0 Å². The quantitative estimate of drug-likeness (QED) is 0.663. The first-order chi connectivity index (χ1) is 14.4. The van der Waals surface area contributed by atoms with E-state index in [1.165, 1.54) is 11.1 Å². The summed E-state index contributed by atoms with van der Waals surface area (Å²) in [7, 11) is -3.86. The molecule has 0 unspecified atom stereocenters. The van der Waals surface area contributed by atoms with Crippen molar-refractivity contribution in [3.63, 3.8) is 0 Å². The standard InChI is InChI=1S/C22H23N3O4S/c1-13-23-19-10-14(8-9-20(19)29-13)12-30(27,28)25-22(26)24-21-17-6-2-4-15(17)11-16-5-3-7-18(16)21/h8-11H,2-7,12H2,1H3,(H2,24,25,26). The SMILES string of the molecule is Cc1nc2cc(CS(=O)(=O)NC(=O)Nc3c4c(cc5c3CCC5)CCC4)ccc2o1. The lowest BCUT2D eigenvalue weighted by atomic mass is 9.99. The van der Waals surface area contributed by atoms with Crippen LogP contribution in [0.1, 0.15) is 46.5 Å². The van der Waals surface area contributed by atoms with Crippen LogP contribution in [-0.4, -0.2) is 19.4 Å². The van der Waals surface area contributed by atoms with Crippen LogP contribution in [0.15, 0.2) is 28.7 Å². The van der Waals surface area contributed by atoms with E-state index in [1.54, 1.807) is 25.1 Å². The van der Waals surface area contributed by atoms with Gasteiger partial charge in [-0.15, -0.1) is 0 Å². The Bertz CT molecular complexity index is 1250. The van der Waals surface area contributed by atoms with Crippen LogP contribution < -0.4 is 10.0 Å². The average molecular weight is 426 g/mol. The highest BCUT2D eigenvalue weighted by Gasteiger charge is 2.26. The van der Waals surface area contributed by atoms with E-state index in [-0.39, 0.29) is 5.75 Å². The number of hydrogen-bond donors (Lipinski definition) is 2. The van der Waals surface area contributed by atoms with Crippen LogP contribution in [0.4, 0.5) is 10.5 Å². The van der Waals surface area contributed by atoms with Crippen LogP contribution in [0.5, 0.6) is 0 Å². The molecular weight excluding hydrogens is 402 g/mol. The molecule has 0 aliphatic heterocycles. The van der Waals surface area contributed by atoms with Gasteiger partial charge in [0.2, 0.25) is 10.0 Å². The van der Waals surface area contributed by atoms with E-state index in [0.717, 1.165) is 55.3 Å². The maximum atomic E-state index is 12.6. The summed E-state index contributed by atoms with van der Waals surface area (Å²) in [5.74, 6) is 0.207. The number of benzene rings is 2. The highest BCUT2D eigenvalue weighted by atomic mass is 32.2. The van der Waals surface area contributed by atoms with Crippen molar-refractivity contribution in [1.82, 2.24) is 9.71 Å². The number of oxazole rings is 1. The molecule has 2 aromatic carbocycles. The number of anilines is 1. The van der Waals surface area contributed by atoms with Crippen LogP contribution in [0, 0.1) is 6.92 Å². The minimum atomic E-state index is -3.86. The Labute approximate surface area is 174 Å². The summed E-state index contributed by atoms with van der Waals surface area (Å²) in [5.41, 5.74) is 7.45. The molecule has 1 aromatic heterocycles. The molecule has 0 spiro atoms. The van der Waals surface area contributed by atoms with Crippen LogP contribution in [0.2, 0.25) is 0 Å². The molecule has 0 bridgehead atoms. The van der Waals surface area contributed by atoms with E-state index in [9.17, 15) is 13.2 Å². The number of hydrogen-bond acceptors (Lipinski definition) is 5. The Kier molecular flexibility index (Phi) is 4.54. The van der Waals surface area contributed by atoms with Gasteiger partial charge in [-0.2, -0.15) is 0 Å². The number of aryl methyl sites for hydroxylation is 3. The molecule has 2 aliphatic rings. The van der Waals surface area contributed by atoms with Gasteiger partial charge in [-0.3, -0.25) is 0 Å². The van der Waals surface area contributed by atoms with Crippen molar-refractivity contribution in [2.45, 2.75) is 51.2 Å². The Morgan fingerprint density at radius 1 is 1.07 bits per heavy atom. The number of fused-ring (bicyclic) bond motifs is 3. The number of sulfonamides is 1. The van der Waals surface area contributed by atoms with Crippen LogP contribution in [-0.2, 0) is 41.5 Å². The van der Waals surface area contributed by atoms with E-state index in [4.69, 9.17) is 4.42 Å². The van der Waals surface area contributed by atoms with Gasteiger partial charge < -0.3 is 9.73 Å². The molecule has 2 N–H and O–H groups in total. The second kappa shape index (κ2) is 7.12. The summed E-state index contributed by atoms with van der Waals surface area (Å²) in [6.07, 6.45) is 6.00. The van der Waals surface area contributed by atoms with Gasteiger partial charge in [0.25, 0.3) is 0 Å². The molecule has 3 aromatic rings. The van der Waals surface area contributed by atoms with Crippen LogP contribution in [0.25, 0.3) is 11.1 Å². The third-order valence-corrected chi connectivity index (χ3v) is 7.09. The number of rotatable bonds is 4. The molecule has 7 nitrogen and oxygen atoms in total. The second-order valence-electron chi connectivity index (χ2n) is 8.08. The molecule has 8 heteroatoms. The predicted octanol–water partition coefficient (Wildman–Crippen LogP) is 3.77. The minimum Gasteiger partial charge on any atom is -0.441 e. The summed E-state index contributed by atoms with van der Waals surface area (Å²) < 4.78 is 32.8. The molecule has 1 heterocycles. The van der Waals surface area contributed by atoms with Gasteiger partial charge in [-0.1, -0.05) is 12.1 Å². The van der Waals surface area contributed by atoms with Crippen LogP contribution in [0.3, 0.4) is 0 Å². The van der Waals surface area contributed by atoms with Crippen molar-refractivity contribution < 1.29 is 17.6 Å².